The Labute approximate surface area is 183 Å². The number of nitrogens with one attached hydrogen (secondary N) is 1. The number of carbonyl (C=O) groups excluding carboxylic acids is 1. The van der Waals surface area contributed by atoms with E-state index in [0.29, 0.717) is 12.1 Å². The molecule has 0 aliphatic carbocycles. The lowest BCUT2D eigenvalue weighted by molar-refractivity contribution is 0.0951. The molecule has 6 nitrogen and oxygen atoms in total. The van der Waals surface area contributed by atoms with Crippen molar-refractivity contribution >= 4 is 28.4 Å². The van der Waals surface area contributed by atoms with E-state index >= 15 is 0 Å². The first-order chi connectivity index (χ1) is 15.3. The van der Waals surface area contributed by atoms with E-state index in [2.05, 4.69) is 26.2 Å². The van der Waals surface area contributed by atoms with Crippen molar-refractivity contribution in [2.24, 2.45) is 0 Å². The SMILES string of the molecule is O=C(NCc1cccnc1N1CCCCC1)c1cc2ccccc2nc1N1CCCC1. The van der Waals surface area contributed by atoms with E-state index in [4.69, 9.17) is 4.98 Å². The van der Waals surface area contributed by atoms with Crippen LogP contribution in [0.15, 0.2) is 48.7 Å². The molecule has 0 atom stereocenters. The highest BCUT2D eigenvalue weighted by atomic mass is 16.1. The van der Waals surface area contributed by atoms with E-state index in [1.54, 1.807) is 0 Å². The van der Waals surface area contributed by atoms with Crippen molar-refractivity contribution in [3.05, 3.63) is 59.8 Å². The molecule has 160 valence electrons. The van der Waals surface area contributed by atoms with Gasteiger partial charge in [0.15, 0.2) is 0 Å². The first-order valence-corrected chi connectivity index (χ1v) is 11.4. The number of fused-ring (bicyclic) bond motifs is 1. The monoisotopic (exact) mass is 415 g/mol. The number of carbonyl (C=O) groups is 1. The van der Waals surface area contributed by atoms with Crippen molar-refractivity contribution in [2.45, 2.75) is 38.6 Å². The van der Waals surface area contributed by atoms with Crippen LogP contribution in [0, 0.1) is 0 Å². The Morgan fingerprint density at radius 2 is 1.58 bits per heavy atom. The molecule has 0 unspecified atom stereocenters. The number of anilines is 2. The molecule has 0 radical (unpaired) electrons. The van der Waals surface area contributed by atoms with Crippen molar-refractivity contribution in [2.75, 3.05) is 36.0 Å². The molecule has 31 heavy (non-hydrogen) atoms. The van der Waals surface area contributed by atoms with Crippen LogP contribution in [0.2, 0.25) is 0 Å². The molecule has 4 heterocycles. The number of hydrogen-bond donors (Lipinski definition) is 1. The number of benzene rings is 1. The fraction of sp³-hybridized carbons (Fsp3) is 0.400. The average Bonchev–Trinajstić information content (AvgIpc) is 3.37. The van der Waals surface area contributed by atoms with Gasteiger partial charge in [0, 0.05) is 49.9 Å². The summed E-state index contributed by atoms with van der Waals surface area (Å²) in [6.45, 7) is 4.43. The number of aromatic nitrogens is 2. The number of para-hydroxylation sites is 1. The van der Waals surface area contributed by atoms with Crippen LogP contribution in [0.3, 0.4) is 0 Å². The molecule has 0 saturated carbocycles. The van der Waals surface area contributed by atoms with Crippen molar-refractivity contribution in [3.63, 3.8) is 0 Å². The topological polar surface area (TPSA) is 61.4 Å². The summed E-state index contributed by atoms with van der Waals surface area (Å²) in [6, 6.07) is 14.0. The highest BCUT2D eigenvalue weighted by molar-refractivity contribution is 6.02. The smallest absolute Gasteiger partial charge is 0.255 e. The lowest BCUT2D eigenvalue weighted by Gasteiger charge is -2.29. The van der Waals surface area contributed by atoms with E-state index in [1.165, 1.54) is 19.3 Å². The van der Waals surface area contributed by atoms with Crippen LogP contribution in [-0.2, 0) is 6.54 Å². The number of rotatable bonds is 5. The average molecular weight is 416 g/mol. The maximum atomic E-state index is 13.3. The fourth-order valence-electron chi connectivity index (χ4n) is 4.67. The maximum absolute atomic E-state index is 13.3. The summed E-state index contributed by atoms with van der Waals surface area (Å²) in [5.41, 5.74) is 2.65. The summed E-state index contributed by atoms with van der Waals surface area (Å²) in [7, 11) is 0. The second kappa shape index (κ2) is 8.92. The predicted molar refractivity (Wildman–Crippen MR) is 125 cm³/mol. The van der Waals surface area contributed by atoms with Crippen LogP contribution in [0.4, 0.5) is 11.6 Å². The van der Waals surface area contributed by atoms with Crippen molar-refractivity contribution in [3.8, 4) is 0 Å². The molecule has 6 heteroatoms. The number of amides is 1. The van der Waals surface area contributed by atoms with Gasteiger partial charge < -0.3 is 15.1 Å². The van der Waals surface area contributed by atoms with Gasteiger partial charge in [-0.15, -0.1) is 0 Å². The summed E-state index contributed by atoms with van der Waals surface area (Å²) >= 11 is 0. The lowest BCUT2D eigenvalue weighted by atomic mass is 10.1. The Kier molecular flexibility index (Phi) is 5.69. The van der Waals surface area contributed by atoms with Crippen molar-refractivity contribution in [1.29, 1.82) is 0 Å². The third-order valence-corrected chi connectivity index (χ3v) is 6.32. The summed E-state index contributed by atoms with van der Waals surface area (Å²) in [4.78, 5) is 27.4. The minimum atomic E-state index is -0.0754. The zero-order valence-electron chi connectivity index (χ0n) is 17.9. The van der Waals surface area contributed by atoms with Gasteiger partial charge >= 0.3 is 0 Å². The fourth-order valence-corrected chi connectivity index (χ4v) is 4.67. The minimum Gasteiger partial charge on any atom is -0.356 e. The summed E-state index contributed by atoms with van der Waals surface area (Å²) in [6.07, 6.45) is 7.81. The first kappa shape index (κ1) is 19.8. The molecular formula is C25H29N5O. The van der Waals surface area contributed by atoms with E-state index in [0.717, 1.165) is 67.1 Å². The Hall–Kier alpha value is -3.15. The van der Waals surface area contributed by atoms with Gasteiger partial charge in [0.25, 0.3) is 5.91 Å². The number of pyridine rings is 2. The van der Waals surface area contributed by atoms with E-state index in [-0.39, 0.29) is 5.91 Å². The van der Waals surface area contributed by atoms with Gasteiger partial charge in [0.1, 0.15) is 11.6 Å². The van der Waals surface area contributed by atoms with Crippen molar-refractivity contribution < 1.29 is 4.79 Å². The molecule has 2 saturated heterocycles. The summed E-state index contributed by atoms with van der Waals surface area (Å²) < 4.78 is 0. The van der Waals surface area contributed by atoms with E-state index in [1.807, 2.05) is 42.6 Å². The molecule has 1 aromatic carbocycles. The Morgan fingerprint density at radius 1 is 0.871 bits per heavy atom. The van der Waals surface area contributed by atoms with Crippen LogP contribution in [0.1, 0.15) is 48.0 Å². The standard InChI is InChI=1S/C25H29N5O/c31-25(27-18-20-10-8-12-26-23(20)29-13-4-1-5-14-29)21-17-19-9-2-3-11-22(19)28-24(21)30-15-6-7-16-30/h2-3,8-12,17H,1,4-7,13-16,18H2,(H,27,31). The van der Waals surface area contributed by atoms with Gasteiger partial charge in [-0.05, 0) is 50.3 Å². The van der Waals surface area contributed by atoms with Crippen molar-refractivity contribution in [1.82, 2.24) is 15.3 Å². The van der Waals surface area contributed by atoms with Gasteiger partial charge in [0.2, 0.25) is 0 Å². The van der Waals surface area contributed by atoms with Crippen LogP contribution in [-0.4, -0.2) is 42.1 Å². The quantitative estimate of drug-likeness (QED) is 0.678. The van der Waals surface area contributed by atoms with E-state index < -0.39 is 0 Å². The van der Waals surface area contributed by atoms with Gasteiger partial charge in [-0.1, -0.05) is 24.3 Å². The largest absolute Gasteiger partial charge is 0.356 e. The normalized spacial score (nSPS) is 16.6. The van der Waals surface area contributed by atoms with Gasteiger partial charge in [-0.3, -0.25) is 4.79 Å². The van der Waals surface area contributed by atoms with Gasteiger partial charge in [-0.2, -0.15) is 0 Å². The molecule has 2 aliphatic heterocycles. The summed E-state index contributed by atoms with van der Waals surface area (Å²) in [5.74, 6) is 1.73. The molecule has 2 aromatic heterocycles. The Balaban J connectivity index is 1.40. The first-order valence-electron chi connectivity index (χ1n) is 11.4. The molecule has 1 amide bonds. The minimum absolute atomic E-state index is 0.0754. The van der Waals surface area contributed by atoms with Crippen LogP contribution in [0.5, 0.6) is 0 Å². The Morgan fingerprint density at radius 3 is 2.39 bits per heavy atom. The maximum Gasteiger partial charge on any atom is 0.255 e. The third kappa shape index (κ3) is 4.20. The number of nitrogens with zero attached hydrogens (tertiary/aromatic N) is 4. The molecule has 3 aromatic rings. The molecule has 0 spiro atoms. The highest BCUT2D eigenvalue weighted by Crippen LogP contribution is 2.27. The van der Waals surface area contributed by atoms with Crippen LogP contribution < -0.4 is 15.1 Å². The molecule has 2 fully saturated rings. The second-order valence-corrected chi connectivity index (χ2v) is 8.46. The van der Waals surface area contributed by atoms with Crippen LogP contribution >= 0.6 is 0 Å². The lowest BCUT2D eigenvalue weighted by Crippen LogP contribution is -2.32. The molecule has 2 aliphatic rings. The molecule has 0 bridgehead atoms. The highest BCUT2D eigenvalue weighted by Gasteiger charge is 2.22. The predicted octanol–water partition coefficient (Wildman–Crippen LogP) is 4.15. The number of piperidine rings is 1. The van der Waals surface area contributed by atoms with Gasteiger partial charge in [0.05, 0.1) is 11.1 Å². The van der Waals surface area contributed by atoms with Gasteiger partial charge in [-0.25, -0.2) is 9.97 Å². The zero-order valence-corrected chi connectivity index (χ0v) is 17.9. The third-order valence-electron chi connectivity index (χ3n) is 6.32. The summed E-state index contributed by atoms with van der Waals surface area (Å²) in [5, 5.41) is 4.14. The second-order valence-electron chi connectivity index (χ2n) is 8.46. The van der Waals surface area contributed by atoms with E-state index in [9.17, 15) is 4.79 Å². The molecule has 1 N–H and O–H groups in total. The zero-order chi connectivity index (χ0) is 21.0. The molecular weight excluding hydrogens is 386 g/mol. The Bertz CT molecular complexity index is 1070. The number of hydrogen-bond acceptors (Lipinski definition) is 5. The molecule has 5 rings (SSSR count). The van der Waals surface area contributed by atoms with Crippen LogP contribution in [0.25, 0.3) is 10.9 Å².